The van der Waals surface area contributed by atoms with E-state index in [1.807, 2.05) is 32.0 Å². The Hall–Kier alpha value is -2.28. The first-order valence-electron chi connectivity index (χ1n) is 7.27. The molecule has 1 amide bonds. The normalized spacial score (nSPS) is 18.7. The summed E-state index contributed by atoms with van der Waals surface area (Å²) in [5.74, 6) is 1.31. The number of hydrogen-bond donors (Lipinski definition) is 2. The molecule has 1 aromatic carbocycles. The molecule has 0 saturated heterocycles. The summed E-state index contributed by atoms with van der Waals surface area (Å²) in [4.78, 5) is 16.9. The highest BCUT2D eigenvalue weighted by molar-refractivity contribution is 7.17. The van der Waals surface area contributed by atoms with Gasteiger partial charge in [-0.1, -0.05) is 11.3 Å². The number of nitrogen functional groups attached to an aromatic ring is 1. The van der Waals surface area contributed by atoms with E-state index in [0.717, 1.165) is 17.1 Å². The average Bonchev–Trinajstić information content (AvgIpc) is 2.92. The fraction of sp³-hybridized carbons (Fsp3) is 0.375. The van der Waals surface area contributed by atoms with E-state index >= 15 is 0 Å². The van der Waals surface area contributed by atoms with Crippen LogP contribution in [0.2, 0.25) is 0 Å². The molecule has 122 valence electrons. The number of carbonyl (C=O) groups is 1. The highest BCUT2D eigenvalue weighted by Gasteiger charge is 2.35. The minimum Gasteiger partial charge on any atom is -0.497 e. The zero-order valence-corrected chi connectivity index (χ0v) is 14.1. The van der Waals surface area contributed by atoms with Gasteiger partial charge in [0.05, 0.1) is 19.3 Å². The van der Waals surface area contributed by atoms with Gasteiger partial charge < -0.3 is 20.5 Å². The van der Waals surface area contributed by atoms with E-state index in [9.17, 15) is 4.79 Å². The van der Waals surface area contributed by atoms with E-state index in [1.165, 1.54) is 17.5 Å². The topological polar surface area (TPSA) is 86.5 Å². The predicted octanol–water partition coefficient (Wildman–Crippen LogP) is 2.77. The molecule has 0 aliphatic carbocycles. The Morgan fingerprint density at radius 2 is 2.30 bits per heavy atom. The number of nitrogens with two attached hydrogens (primary N) is 1. The maximum absolute atomic E-state index is 12.4. The minimum atomic E-state index is -0.369. The third kappa shape index (κ3) is 3.24. The number of nitrogens with zero attached hydrogens (tertiary/aromatic N) is 1. The maximum Gasteiger partial charge on any atom is 0.263 e. The summed E-state index contributed by atoms with van der Waals surface area (Å²) in [6.07, 6.45) is 2.15. The summed E-state index contributed by atoms with van der Waals surface area (Å²) < 4.78 is 11.3. The molecule has 7 heteroatoms. The van der Waals surface area contributed by atoms with Gasteiger partial charge in [-0.25, -0.2) is 4.98 Å². The lowest BCUT2D eigenvalue weighted by atomic mass is 9.89. The van der Waals surface area contributed by atoms with Gasteiger partial charge in [-0.15, -0.1) is 0 Å². The number of amides is 1. The van der Waals surface area contributed by atoms with Crippen LogP contribution in [0.5, 0.6) is 11.5 Å². The predicted molar refractivity (Wildman–Crippen MR) is 89.1 cm³/mol. The Kier molecular flexibility index (Phi) is 3.89. The highest BCUT2D eigenvalue weighted by atomic mass is 32.1. The van der Waals surface area contributed by atoms with Gasteiger partial charge in [-0.05, 0) is 32.0 Å². The number of fused-ring (bicyclic) bond motifs is 1. The third-order valence-electron chi connectivity index (χ3n) is 3.73. The summed E-state index contributed by atoms with van der Waals surface area (Å²) in [5.41, 5.74) is 6.14. The zero-order valence-electron chi connectivity index (χ0n) is 13.3. The Morgan fingerprint density at radius 3 is 2.96 bits per heavy atom. The molecule has 3 N–H and O–H groups in total. The van der Waals surface area contributed by atoms with Crippen LogP contribution in [-0.4, -0.2) is 23.6 Å². The number of nitrogens with one attached hydrogen (secondary N) is 1. The summed E-state index contributed by atoms with van der Waals surface area (Å²) in [5, 5.41) is 3.43. The maximum atomic E-state index is 12.4. The van der Waals surface area contributed by atoms with Crippen LogP contribution >= 0.6 is 11.3 Å². The van der Waals surface area contributed by atoms with Gasteiger partial charge in [0, 0.05) is 12.0 Å². The number of hydrogen-bond acceptors (Lipinski definition) is 6. The number of rotatable bonds is 3. The lowest BCUT2D eigenvalue weighted by Gasteiger charge is -2.38. The number of aromatic nitrogens is 1. The lowest BCUT2D eigenvalue weighted by Crippen LogP contribution is -2.41. The fourth-order valence-corrected chi connectivity index (χ4v) is 3.30. The molecule has 6 nitrogen and oxygen atoms in total. The van der Waals surface area contributed by atoms with Crippen LogP contribution in [0.15, 0.2) is 24.4 Å². The summed E-state index contributed by atoms with van der Waals surface area (Å²) in [7, 11) is 1.61. The monoisotopic (exact) mass is 333 g/mol. The van der Waals surface area contributed by atoms with Crippen molar-refractivity contribution in [3.05, 3.63) is 34.8 Å². The molecule has 1 atom stereocenters. The van der Waals surface area contributed by atoms with E-state index < -0.39 is 0 Å². The Balaban J connectivity index is 1.90. The Morgan fingerprint density at radius 1 is 1.52 bits per heavy atom. The number of benzene rings is 1. The van der Waals surface area contributed by atoms with Crippen molar-refractivity contribution in [1.82, 2.24) is 10.3 Å². The summed E-state index contributed by atoms with van der Waals surface area (Å²) >= 11 is 1.17. The molecule has 3 rings (SSSR count). The van der Waals surface area contributed by atoms with Crippen LogP contribution in [0, 0.1) is 0 Å². The molecule has 1 aromatic heterocycles. The van der Waals surface area contributed by atoms with Gasteiger partial charge in [-0.3, -0.25) is 4.79 Å². The largest absolute Gasteiger partial charge is 0.497 e. The van der Waals surface area contributed by atoms with Crippen LogP contribution in [0.3, 0.4) is 0 Å². The number of carbonyl (C=O) groups excluding carboxylic acids is 1. The van der Waals surface area contributed by atoms with Crippen molar-refractivity contribution in [1.29, 1.82) is 0 Å². The minimum absolute atomic E-state index is 0.167. The van der Waals surface area contributed by atoms with Gasteiger partial charge in [0.15, 0.2) is 5.13 Å². The van der Waals surface area contributed by atoms with Crippen LogP contribution in [-0.2, 0) is 0 Å². The number of anilines is 1. The quantitative estimate of drug-likeness (QED) is 0.902. The molecule has 23 heavy (non-hydrogen) atoms. The molecule has 0 saturated carbocycles. The van der Waals surface area contributed by atoms with E-state index in [0.29, 0.717) is 16.4 Å². The van der Waals surface area contributed by atoms with Crippen LogP contribution in [0.4, 0.5) is 5.13 Å². The molecule has 0 radical (unpaired) electrons. The lowest BCUT2D eigenvalue weighted by molar-refractivity contribution is 0.0619. The van der Waals surface area contributed by atoms with Crippen LogP contribution in [0.1, 0.15) is 41.5 Å². The van der Waals surface area contributed by atoms with Crippen molar-refractivity contribution >= 4 is 22.4 Å². The standard InChI is InChI=1S/C16H19N3O3S/c1-16(2)7-11(19-14(20)13-8-18-15(17)23-13)10-6-9(21-3)4-5-12(10)22-16/h4-6,8,11H,7H2,1-3H3,(H2,17,18)(H,19,20)/t11-/m0/s1. The first-order valence-corrected chi connectivity index (χ1v) is 8.09. The van der Waals surface area contributed by atoms with Crippen molar-refractivity contribution in [2.24, 2.45) is 0 Å². The van der Waals surface area contributed by atoms with E-state index in [2.05, 4.69) is 10.3 Å². The van der Waals surface area contributed by atoms with E-state index in [-0.39, 0.29) is 17.6 Å². The van der Waals surface area contributed by atoms with Crippen molar-refractivity contribution in [2.75, 3.05) is 12.8 Å². The number of thiazole rings is 1. The smallest absolute Gasteiger partial charge is 0.263 e. The average molecular weight is 333 g/mol. The zero-order chi connectivity index (χ0) is 16.6. The molecular formula is C16H19N3O3S. The molecule has 0 spiro atoms. The Bertz CT molecular complexity index is 742. The van der Waals surface area contributed by atoms with Gasteiger partial charge in [-0.2, -0.15) is 0 Å². The highest BCUT2D eigenvalue weighted by Crippen LogP contribution is 2.41. The van der Waals surface area contributed by atoms with Gasteiger partial charge in [0.25, 0.3) is 5.91 Å². The number of ether oxygens (including phenoxy) is 2. The van der Waals surface area contributed by atoms with Crippen LogP contribution < -0.4 is 20.5 Å². The second-order valence-electron chi connectivity index (χ2n) is 6.06. The van der Waals surface area contributed by atoms with Gasteiger partial charge >= 0.3 is 0 Å². The molecule has 0 bridgehead atoms. The van der Waals surface area contributed by atoms with Crippen molar-refractivity contribution in [2.45, 2.75) is 31.9 Å². The van der Waals surface area contributed by atoms with Crippen molar-refractivity contribution in [3.63, 3.8) is 0 Å². The molecule has 1 aliphatic rings. The van der Waals surface area contributed by atoms with Gasteiger partial charge in [0.1, 0.15) is 22.0 Å². The summed E-state index contributed by atoms with van der Waals surface area (Å²) in [6, 6.07) is 5.46. The third-order valence-corrected chi connectivity index (χ3v) is 4.55. The Labute approximate surface area is 138 Å². The fourth-order valence-electron chi connectivity index (χ4n) is 2.71. The molecule has 2 heterocycles. The van der Waals surface area contributed by atoms with Crippen molar-refractivity contribution < 1.29 is 14.3 Å². The van der Waals surface area contributed by atoms with Crippen LogP contribution in [0.25, 0.3) is 0 Å². The first kappa shape index (κ1) is 15.6. The van der Waals surface area contributed by atoms with E-state index in [4.69, 9.17) is 15.2 Å². The molecule has 0 unspecified atom stereocenters. The molecular weight excluding hydrogens is 314 g/mol. The molecule has 1 aliphatic heterocycles. The second-order valence-corrected chi connectivity index (χ2v) is 7.12. The number of methoxy groups -OCH3 is 1. The van der Waals surface area contributed by atoms with E-state index in [1.54, 1.807) is 7.11 Å². The SMILES string of the molecule is COc1ccc2c(c1)[C@@H](NC(=O)c1cnc(N)s1)CC(C)(C)O2. The molecule has 0 fully saturated rings. The first-order chi connectivity index (χ1) is 10.9. The second kappa shape index (κ2) is 5.73. The summed E-state index contributed by atoms with van der Waals surface area (Å²) in [6.45, 7) is 4.01. The van der Waals surface area contributed by atoms with Gasteiger partial charge in [0.2, 0.25) is 0 Å². The van der Waals surface area contributed by atoms with Crippen molar-refractivity contribution in [3.8, 4) is 11.5 Å². The molecule has 2 aromatic rings.